The Morgan fingerprint density at radius 2 is 2.16 bits per heavy atom. The van der Waals surface area contributed by atoms with Gasteiger partial charge in [-0.2, -0.15) is 5.10 Å². The van der Waals surface area contributed by atoms with Crippen LogP contribution in [0, 0.1) is 0 Å². The van der Waals surface area contributed by atoms with Crippen LogP contribution in [0.15, 0.2) is 42.7 Å². The third kappa shape index (κ3) is 4.22. The Bertz CT molecular complexity index is 523. The van der Waals surface area contributed by atoms with Gasteiger partial charge in [-0.05, 0) is 17.2 Å². The molecule has 1 amide bonds. The van der Waals surface area contributed by atoms with Gasteiger partial charge in [-0.15, -0.1) is 0 Å². The Morgan fingerprint density at radius 1 is 1.32 bits per heavy atom. The molecule has 5 heteroatoms. The van der Waals surface area contributed by atoms with Crippen molar-refractivity contribution in [2.75, 3.05) is 0 Å². The van der Waals surface area contributed by atoms with Crippen molar-refractivity contribution in [1.29, 1.82) is 0 Å². The van der Waals surface area contributed by atoms with Gasteiger partial charge in [-0.3, -0.25) is 9.48 Å². The monoisotopic (exact) mass is 259 g/mol. The van der Waals surface area contributed by atoms with Gasteiger partial charge in [0.25, 0.3) is 0 Å². The topological polar surface area (TPSA) is 67.2 Å². The van der Waals surface area contributed by atoms with E-state index in [0.717, 1.165) is 11.1 Å². The van der Waals surface area contributed by atoms with E-state index in [4.69, 9.17) is 5.11 Å². The predicted octanol–water partition coefficient (Wildman–Crippen LogP) is 1.08. The molecular weight excluding hydrogens is 242 g/mol. The number of carbonyl (C=O) groups excluding carboxylic acids is 1. The van der Waals surface area contributed by atoms with Crippen LogP contribution in [0.5, 0.6) is 0 Å². The number of nitrogens with zero attached hydrogens (tertiary/aromatic N) is 2. The molecule has 0 saturated carbocycles. The number of aryl methyl sites for hydroxylation is 1. The lowest BCUT2D eigenvalue weighted by molar-refractivity contribution is -0.121. The number of aliphatic hydroxyl groups excluding tert-OH is 1. The third-order valence-electron chi connectivity index (χ3n) is 2.79. The van der Waals surface area contributed by atoms with Crippen molar-refractivity contribution in [3.05, 3.63) is 53.9 Å². The fraction of sp³-hybridized carbons (Fsp3) is 0.286. The maximum Gasteiger partial charge on any atom is 0.222 e. The van der Waals surface area contributed by atoms with Gasteiger partial charge in [0.05, 0.1) is 6.61 Å². The molecule has 19 heavy (non-hydrogen) atoms. The number of aliphatic hydroxyl groups is 1. The van der Waals surface area contributed by atoms with Crippen molar-refractivity contribution in [2.24, 2.45) is 0 Å². The first-order valence-electron chi connectivity index (χ1n) is 6.21. The maximum absolute atomic E-state index is 11.7. The molecular formula is C14H17N3O2. The first-order chi connectivity index (χ1) is 9.28. The molecule has 2 aromatic rings. The molecule has 2 rings (SSSR count). The second kappa shape index (κ2) is 6.70. The van der Waals surface area contributed by atoms with Gasteiger partial charge in [-0.25, -0.2) is 0 Å². The Hall–Kier alpha value is -2.14. The van der Waals surface area contributed by atoms with Crippen molar-refractivity contribution in [1.82, 2.24) is 15.1 Å². The van der Waals surface area contributed by atoms with Crippen LogP contribution >= 0.6 is 0 Å². The van der Waals surface area contributed by atoms with Crippen molar-refractivity contribution < 1.29 is 9.90 Å². The minimum Gasteiger partial charge on any atom is -0.392 e. The van der Waals surface area contributed by atoms with Crippen molar-refractivity contribution in [3.8, 4) is 0 Å². The first-order valence-corrected chi connectivity index (χ1v) is 6.21. The second-order valence-corrected chi connectivity index (χ2v) is 4.27. The van der Waals surface area contributed by atoms with E-state index >= 15 is 0 Å². The SMILES string of the molecule is O=C(CCn1cccn1)NCc1cccc(CO)c1. The van der Waals surface area contributed by atoms with Crippen LogP contribution < -0.4 is 5.32 Å². The predicted molar refractivity (Wildman–Crippen MR) is 71.1 cm³/mol. The number of aromatic nitrogens is 2. The molecule has 0 spiro atoms. The minimum atomic E-state index is -0.00935. The lowest BCUT2D eigenvalue weighted by Gasteiger charge is -2.06. The Balaban J connectivity index is 1.76. The van der Waals surface area contributed by atoms with E-state index in [0.29, 0.717) is 19.5 Å². The van der Waals surface area contributed by atoms with E-state index in [1.54, 1.807) is 10.9 Å². The molecule has 1 heterocycles. The maximum atomic E-state index is 11.7. The van der Waals surface area contributed by atoms with Gasteiger partial charge in [0.2, 0.25) is 5.91 Å². The number of hydrogen-bond acceptors (Lipinski definition) is 3. The molecule has 0 aliphatic carbocycles. The van der Waals surface area contributed by atoms with Crippen LogP contribution in [0.3, 0.4) is 0 Å². The fourth-order valence-electron chi connectivity index (χ4n) is 1.78. The molecule has 0 unspecified atom stereocenters. The summed E-state index contributed by atoms with van der Waals surface area (Å²) in [6, 6.07) is 9.36. The molecule has 0 atom stereocenters. The molecule has 0 saturated heterocycles. The van der Waals surface area contributed by atoms with E-state index in [-0.39, 0.29) is 12.5 Å². The number of carbonyl (C=O) groups is 1. The first kappa shape index (κ1) is 13.3. The van der Waals surface area contributed by atoms with Crippen LogP contribution in [0.25, 0.3) is 0 Å². The minimum absolute atomic E-state index is 0.00935. The Morgan fingerprint density at radius 3 is 2.89 bits per heavy atom. The highest BCUT2D eigenvalue weighted by Crippen LogP contribution is 2.05. The molecule has 1 aromatic carbocycles. The molecule has 2 N–H and O–H groups in total. The summed E-state index contributed by atoms with van der Waals surface area (Å²) >= 11 is 0. The molecule has 0 bridgehead atoms. The lowest BCUT2D eigenvalue weighted by Crippen LogP contribution is -2.24. The van der Waals surface area contributed by atoms with Gasteiger partial charge in [-0.1, -0.05) is 24.3 Å². The second-order valence-electron chi connectivity index (χ2n) is 4.27. The molecule has 1 aromatic heterocycles. The average Bonchev–Trinajstić information content (AvgIpc) is 2.96. The van der Waals surface area contributed by atoms with E-state index in [1.807, 2.05) is 36.5 Å². The van der Waals surface area contributed by atoms with Gasteiger partial charge in [0.15, 0.2) is 0 Å². The summed E-state index contributed by atoms with van der Waals surface area (Å²) < 4.78 is 1.73. The largest absolute Gasteiger partial charge is 0.392 e. The van der Waals surface area contributed by atoms with Crippen LogP contribution in [-0.4, -0.2) is 20.8 Å². The van der Waals surface area contributed by atoms with Crippen molar-refractivity contribution in [2.45, 2.75) is 26.1 Å². The highest BCUT2D eigenvalue weighted by atomic mass is 16.3. The van der Waals surface area contributed by atoms with E-state index in [1.165, 1.54) is 0 Å². The molecule has 0 radical (unpaired) electrons. The van der Waals surface area contributed by atoms with Crippen LogP contribution in [0.4, 0.5) is 0 Å². The summed E-state index contributed by atoms with van der Waals surface area (Å²) in [5.74, 6) is -0.00935. The van der Waals surface area contributed by atoms with E-state index in [9.17, 15) is 4.79 Å². The molecule has 100 valence electrons. The normalized spacial score (nSPS) is 10.4. The summed E-state index contributed by atoms with van der Waals surface area (Å²) in [5.41, 5.74) is 1.84. The number of rotatable bonds is 6. The number of benzene rings is 1. The Kier molecular flexibility index (Phi) is 4.69. The third-order valence-corrected chi connectivity index (χ3v) is 2.79. The van der Waals surface area contributed by atoms with Crippen LogP contribution in [-0.2, 0) is 24.5 Å². The number of nitrogens with one attached hydrogen (secondary N) is 1. The summed E-state index contributed by atoms with van der Waals surface area (Å²) in [6.45, 7) is 1.07. The smallest absolute Gasteiger partial charge is 0.222 e. The molecule has 0 aliphatic heterocycles. The zero-order valence-electron chi connectivity index (χ0n) is 10.6. The molecule has 5 nitrogen and oxygen atoms in total. The highest BCUT2D eigenvalue weighted by molar-refractivity contribution is 5.75. The average molecular weight is 259 g/mol. The van der Waals surface area contributed by atoms with Gasteiger partial charge >= 0.3 is 0 Å². The van der Waals surface area contributed by atoms with E-state index < -0.39 is 0 Å². The van der Waals surface area contributed by atoms with E-state index in [2.05, 4.69) is 10.4 Å². The molecule has 0 fully saturated rings. The van der Waals surface area contributed by atoms with Gasteiger partial charge in [0.1, 0.15) is 0 Å². The molecule has 0 aliphatic rings. The standard InChI is InChI=1S/C14H17N3O2/c18-11-13-4-1-3-12(9-13)10-15-14(19)5-8-17-7-2-6-16-17/h1-4,6-7,9,18H,5,8,10-11H2,(H,15,19). The summed E-state index contributed by atoms with van der Waals surface area (Å²) in [7, 11) is 0. The zero-order chi connectivity index (χ0) is 13.5. The summed E-state index contributed by atoms with van der Waals surface area (Å²) in [4.78, 5) is 11.7. The number of amides is 1. The van der Waals surface area contributed by atoms with Crippen LogP contribution in [0.2, 0.25) is 0 Å². The van der Waals surface area contributed by atoms with Gasteiger partial charge < -0.3 is 10.4 Å². The quantitative estimate of drug-likeness (QED) is 0.815. The van der Waals surface area contributed by atoms with Crippen molar-refractivity contribution >= 4 is 5.91 Å². The fourth-order valence-corrected chi connectivity index (χ4v) is 1.78. The van der Waals surface area contributed by atoms with Crippen molar-refractivity contribution in [3.63, 3.8) is 0 Å². The van der Waals surface area contributed by atoms with Gasteiger partial charge in [0, 0.05) is 31.9 Å². The highest BCUT2D eigenvalue weighted by Gasteiger charge is 2.02. The lowest BCUT2D eigenvalue weighted by atomic mass is 10.1. The summed E-state index contributed by atoms with van der Waals surface area (Å²) in [5, 5.41) is 15.9. The zero-order valence-corrected chi connectivity index (χ0v) is 10.6. The Labute approximate surface area is 111 Å². The summed E-state index contributed by atoms with van der Waals surface area (Å²) in [6.07, 6.45) is 3.93. The number of hydrogen-bond donors (Lipinski definition) is 2. The van der Waals surface area contributed by atoms with Crippen LogP contribution in [0.1, 0.15) is 17.5 Å².